The topological polar surface area (TPSA) is 63.4 Å². The fraction of sp³-hybridized carbons (Fsp3) is 0.273. The second-order valence-corrected chi connectivity index (χ2v) is 3.61. The van der Waals surface area contributed by atoms with Gasteiger partial charge in [-0.3, -0.25) is 9.59 Å². The first kappa shape index (κ1) is 11.2. The summed E-state index contributed by atoms with van der Waals surface area (Å²) in [5, 5.41) is 0. The molecule has 0 bridgehead atoms. The third kappa shape index (κ3) is 2.34. The number of nitrogens with zero attached hydrogens (tertiary/aromatic N) is 1. The van der Waals surface area contributed by atoms with Gasteiger partial charge in [0.1, 0.15) is 0 Å². The van der Waals surface area contributed by atoms with E-state index in [-0.39, 0.29) is 11.5 Å². The van der Waals surface area contributed by atoms with Crippen LogP contribution in [-0.2, 0) is 0 Å². The van der Waals surface area contributed by atoms with Crippen molar-refractivity contribution in [1.29, 1.82) is 0 Å². The van der Waals surface area contributed by atoms with Gasteiger partial charge in [0.15, 0.2) is 0 Å². The molecule has 0 saturated heterocycles. The largest absolute Gasteiger partial charge is 0.366 e. The summed E-state index contributed by atoms with van der Waals surface area (Å²) in [5.74, 6) is -0.798. The first-order chi connectivity index (χ1) is 6.93. The van der Waals surface area contributed by atoms with Gasteiger partial charge < -0.3 is 10.6 Å². The van der Waals surface area contributed by atoms with Crippen LogP contribution in [-0.4, -0.2) is 30.8 Å². The number of aryl methyl sites for hydroxylation is 1. The standard InChI is InChI=1S/C11H14N2O2/c1-7-4-5-8(11(15)13(2)3)9(6-7)10(12)14/h4-6H,1-3H3,(H2,12,14). The third-order valence-corrected chi connectivity index (χ3v) is 2.08. The van der Waals surface area contributed by atoms with Crippen LogP contribution in [0.5, 0.6) is 0 Å². The molecule has 2 amide bonds. The Kier molecular flexibility index (Phi) is 3.09. The molecule has 0 heterocycles. The number of rotatable bonds is 2. The Morgan fingerprint density at radius 2 is 1.80 bits per heavy atom. The summed E-state index contributed by atoms with van der Waals surface area (Å²) in [7, 11) is 3.26. The molecule has 1 rings (SSSR count). The second-order valence-electron chi connectivity index (χ2n) is 3.61. The average molecular weight is 206 g/mol. The first-order valence-corrected chi connectivity index (χ1v) is 4.55. The molecule has 15 heavy (non-hydrogen) atoms. The molecular weight excluding hydrogens is 192 g/mol. The highest BCUT2D eigenvalue weighted by molar-refractivity contribution is 6.06. The van der Waals surface area contributed by atoms with E-state index in [2.05, 4.69) is 0 Å². The number of benzene rings is 1. The number of amides is 2. The summed E-state index contributed by atoms with van der Waals surface area (Å²) in [4.78, 5) is 24.3. The highest BCUT2D eigenvalue weighted by atomic mass is 16.2. The molecule has 2 N–H and O–H groups in total. The van der Waals surface area contributed by atoms with Crippen molar-refractivity contribution in [2.75, 3.05) is 14.1 Å². The number of carbonyl (C=O) groups is 2. The fourth-order valence-electron chi connectivity index (χ4n) is 1.29. The maximum Gasteiger partial charge on any atom is 0.254 e. The zero-order chi connectivity index (χ0) is 11.6. The summed E-state index contributed by atoms with van der Waals surface area (Å²) >= 11 is 0. The number of carbonyl (C=O) groups excluding carboxylic acids is 2. The quantitative estimate of drug-likeness (QED) is 0.777. The molecule has 1 aromatic rings. The summed E-state index contributed by atoms with van der Waals surface area (Å²) < 4.78 is 0. The van der Waals surface area contributed by atoms with Gasteiger partial charge in [-0.25, -0.2) is 0 Å². The molecule has 0 unspecified atom stereocenters. The predicted molar refractivity (Wildman–Crippen MR) is 57.7 cm³/mol. The SMILES string of the molecule is Cc1ccc(C(=O)N(C)C)c(C(N)=O)c1. The first-order valence-electron chi connectivity index (χ1n) is 4.55. The van der Waals surface area contributed by atoms with Crippen molar-refractivity contribution in [3.63, 3.8) is 0 Å². The van der Waals surface area contributed by atoms with Crippen molar-refractivity contribution < 1.29 is 9.59 Å². The van der Waals surface area contributed by atoms with E-state index in [4.69, 9.17) is 5.73 Å². The Bertz CT molecular complexity index is 411. The van der Waals surface area contributed by atoms with Crippen LogP contribution in [0.2, 0.25) is 0 Å². The molecule has 0 aliphatic carbocycles. The zero-order valence-electron chi connectivity index (χ0n) is 9.07. The maximum absolute atomic E-state index is 11.7. The molecule has 0 aliphatic heterocycles. The van der Waals surface area contributed by atoms with Crippen molar-refractivity contribution in [3.05, 3.63) is 34.9 Å². The minimum Gasteiger partial charge on any atom is -0.366 e. The molecule has 4 heteroatoms. The number of hydrogen-bond donors (Lipinski definition) is 1. The molecule has 80 valence electrons. The molecule has 0 aliphatic rings. The Labute approximate surface area is 88.7 Å². The number of hydrogen-bond acceptors (Lipinski definition) is 2. The van der Waals surface area contributed by atoms with E-state index in [0.717, 1.165) is 5.56 Å². The normalized spacial score (nSPS) is 9.80. The Balaban J connectivity index is 3.29. The third-order valence-electron chi connectivity index (χ3n) is 2.08. The molecule has 4 nitrogen and oxygen atoms in total. The van der Waals surface area contributed by atoms with Crippen LogP contribution in [0.3, 0.4) is 0 Å². The number of nitrogens with two attached hydrogens (primary N) is 1. The summed E-state index contributed by atoms with van der Waals surface area (Å²) in [6.07, 6.45) is 0. The lowest BCUT2D eigenvalue weighted by molar-refractivity contribution is 0.0821. The van der Waals surface area contributed by atoms with Crippen LogP contribution in [0.15, 0.2) is 18.2 Å². The van der Waals surface area contributed by atoms with Crippen molar-refractivity contribution in [2.24, 2.45) is 5.73 Å². The maximum atomic E-state index is 11.7. The van der Waals surface area contributed by atoms with E-state index in [0.29, 0.717) is 5.56 Å². The smallest absolute Gasteiger partial charge is 0.254 e. The summed E-state index contributed by atoms with van der Waals surface area (Å²) in [6.45, 7) is 1.84. The van der Waals surface area contributed by atoms with Crippen LogP contribution in [0.25, 0.3) is 0 Å². The Morgan fingerprint density at radius 3 is 2.27 bits per heavy atom. The lowest BCUT2D eigenvalue weighted by Crippen LogP contribution is -2.25. The molecule has 0 radical (unpaired) electrons. The average Bonchev–Trinajstić information content (AvgIpc) is 2.16. The molecule has 0 saturated carbocycles. The van der Waals surface area contributed by atoms with Gasteiger partial charge in [0.2, 0.25) is 5.91 Å². The van der Waals surface area contributed by atoms with Crippen LogP contribution in [0, 0.1) is 6.92 Å². The van der Waals surface area contributed by atoms with Gasteiger partial charge in [-0.15, -0.1) is 0 Å². The van der Waals surface area contributed by atoms with E-state index in [1.165, 1.54) is 4.90 Å². The van der Waals surface area contributed by atoms with Crippen LogP contribution >= 0.6 is 0 Å². The van der Waals surface area contributed by atoms with Gasteiger partial charge in [-0.2, -0.15) is 0 Å². The monoisotopic (exact) mass is 206 g/mol. The van der Waals surface area contributed by atoms with E-state index >= 15 is 0 Å². The Morgan fingerprint density at radius 1 is 1.20 bits per heavy atom. The van der Waals surface area contributed by atoms with E-state index in [1.54, 1.807) is 32.3 Å². The van der Waals surface area contributed by atoms with Gasteiger partial charge in [0.25, 0.3) is 5.91 Å². The predicted octanol–water partition coefficient (Wildman–Crippen LogP) is 0.796. The number of primary amides is 1. The van der Waals surface area contributed by atoms with E-state index in [9.17, 15) is 9.59 Å². The minimum absolute atomic E-state index is 0.219. The minimum atomic E-state index is -0.580. The molecule has 1 aromatic carbocycles. The molecule has 0 atom stereocenters. The van der Waals surface area contributed by atoms with Crippen molar-refractivity contribution >= 4 is 11.8 Å². The highest BCUT2D eigenvalue weighted by Gasteiger charge is 2.16. The zero-order valence-corrected chi connectivity index (χ0v) is 9.07. The summed E-state index contributed by atoms with van der Waals surface area (Å²) in [6, 6.07) is 5.03. The molecule has 0 aromatic heterocycles. The molecule has 0 fully saturated rings. The van der Waals surface area contributed by atoms with Crippen molar-refractivity contribution in [3.8, 4) is 0 Å². The second kappa shape index (κ2) is 4.13. The van der Waals surface area contributed by atoms with E-state index < -0.39 is 5.91 Å². The van der Waals surface area contributed by atoms with Crippen molar-refractivity contribution in [2.45, 2.75) is 6.92 Å². The van der Waals surface area contributed by atoms with Gasteiger partial charge >= 0.3 is 0 Å². The summed E-state index contributed by atoms with van der Waals surface area (Å²) in [5.41, 5.74) is 6.73. The van der Waals surface area contributed by atoms with Gasteiger partial charge in [0.05, 0.1) is 11.1 Å². The highest BCUT2D eigenvalue weighted by Crippen LogP contribution is 2.12. The lowest BCUT2D eigenvalue weighted by Gasteiger charge is -2.12. The fourth-order valence-corrected chi connectivity index (χ4v) is 1.29. The van der Waals surface area contributed by atoms with E-state index in [1.807, 2.05) is 6.92 Å². The van der Waals surface area contributed by atoms with Crippen LogP contribution in [0.1, 0.15) is 26.3 Å². The Hall–Kier alpha value is -1.84. The van der Waals surface area contributed by atoms with Crippen LogP contribution < -0.4 is 5.73 Å². The lowest BCUT2D eigenvalue weighted by atomic mass is 10.0. The molecule has 0 spiro atoms. The van der Waals surface area contributed by atoms with Gasteiger partial charge in [-0.05, 0) is 19.1 Å². The molecular formula is C11H14N2O2. The van der Waals surface area contributed by atoms with Gasteiger partial charge in [0, 0.05) is 14.1 Å². The van der Waals surface area contributed by atoms with Crippen molar-refractivity contribution in [1.82, 2.24) is 4.90 Å². The van der Waals surface area contributed by atoms with Gasteiger partial charge in [-0.1, -0.05) is 11.6 Å². The van der Waals surface area contributed by atoms with Crippen LogP contribution in [0.4, 0.5) is 0 Å².